The van der Waals surface area contributed by atoms with Gasteiger partial charge in [0.25, 0.3) is 0 Å². The Morgan fingerprint density at radius 1 is 1.20 bits per heavy atom. The number of aliphatic imine (C=N–C) groups is 1. The topological polar surface area (TPSA) is 38.4 Å². The third kappa shape index (κ3) is 1.39. The average Bonchev–Trinajstić information content (AvgIpc) is 2.27. The minimum Gasteiger partial charge on any atom is -0.397 e. The number of benzene rings is 1. The lowest BCUT2D eigenvalue weighted by Crippen LogP contribution is -2.16. The van der Waals surface area contributed by atoms with Gasteiger partial charge in [0.15, 0.2) is 0 Å². The second-order valence-corrected chi connectivity index (χ2v) is 4.58. The molecule has 0 aromatic heterocycles. The molecule has 0 atom stereocenters. The van der Waals surface area contributed by atoms with Gasteiger partial charge in [-0.3, -0.25) is 0 Å². The molecule has 1 aromatic rings. The zero-order chi connectivity index (χ0) is 10.3. The van der Waals surface area contributed by atoms with Crippen LogP contribution in [0.5, 0.6) is 0 Å². The van der Waals surface area contributed by atoms with Gasteiger partial charge in [0.2, 0.25) is 0 Å². The molecule has 74 valence electrons. The van der Waals surface area contributed by atoms with Gasteiger partial charge >= 0.3 is 0 Å². The summed E-state index contributed by atoms with van der Waals surface area (Å²) >= 11 is 1.75. The summed E-state index contributed by atoms with van der Waals surface area (Å²) in [4.78, 5) is 6.98. The number of allylic oxidation sites excluding steroid dienone is 3. The lowest BCUT2D eigenvalue weighted by atomic mass is 10.1. The molecule has 0 saturated carbocycles. The number of fused-ring (bicyclic) bond motifs is 2. The molecule has 1 heterocycles. The van der Waals surface area contributed by atoms with Crippen LogP contribution in [0.4, 0.5) is 5.69 Å². The lowest BCUT2D eigenvalue weighted by molar-refractivity contribution is 1.26. The number of nitrogens with zero attached hydrogens (tertiary/aromatic N) is 1. The summed E-state index contributed by atoms with van der Waals surface area (Å²) < 4.78 is 0. The molecule has 2 N–H and O–H groups in total. The van der Waals surface area contributed by atoms with Crippen LogP contribution in [-0.4, -0.2) is 5.71 Å². The largest absolute Gasteiger partial charge is 0.397 e. The molecular weight excluding hydrogens is 204 g/mol. The maximum atomic E-state index is 5.92. The lowest BCUT2D eigenvalue weighted by Gasteiger charge is -2.20. The van der Waals surface area contributed by atoms with E-state index in [9.17, 15) is 0 Å². The maximum absolute atomic E-state index is 5.92. The van der Waals surface area contributed by atoms with E-state index in [-0.39, 0.29) is 0 Å². The summed E-state index contributed by atoms with van der Waals surface area (Å²) in [5.41, 5.74) is 8.68. The predicted molar refractivity (Wildman–Crippen MR) is 64.4 cm³/mol. The fourth-order valence-corrected chi connectivity index (χ4v) is 2.75. The summed E-state index contributed by atoms with van der Waals surface area (Å²) in [5, 5.41) is 0. The molecule has 0 spiro atoms. The van der Waals surface area contributed by atoms with Gasteiger partial charge in [-0.15, -0.1) is 0 Å². The van der Waals surface area contributed by atoms with E-state index in [1.165, 1.54) is 9.80 Å². The fraction of sp³-hybridized carbons (Fsp3) is 0.0833. The van der Waals surface area contributed by atoms with E-state index < -0.39 is 0 Å². The molecule has 0 bridgehead atoms. The van der Waals surface area contributed by atoms with Crippen LogP contribution in [0, 0.1) is 0 Å². The Morgan fingerprint density at radius 2 is 2.07 bits per heavy atom. The van der Waals surface area contributed by atoms with Gasteiger partial charge < -0.3 is 5.73 Å². The van der Waals surface area contributed by atoms with Gasteiger partial charge in [-0.1, -0.05) is 36.0 Å². The van der Waals surface area contributed by atoms with Crippen molar-refractivity contribution < 1.29 is 0 Å². The number of nitrogens with two attached hydrogens (primary N) is 1. The van der Waals surface area contributed by atoms with Gasteiger partial charge in [0.1, 0.15) is 0 Å². The number of hydrogen-bond acceptors (Lipinski definition) is 3. The van der Waals surface area contributed by atoms with Crippen LogP contribution < -0.4 is 5.73 Å². The van der Waals surface area contributed by atoms with E-state index in [2.05, 4.69) is 17.1 Å². The van der Waals surface area contributed by atoms with Gasteiger partial charge in [-0.2, -0.15) is 0 Å². The number of hydrogen-bond donors (Lipinski definition) is 1. The minimum atomic E-state index is 0.800. The standard InChI is InChI=1S/C12H10N2S/c13-8-4-3-7-11-12(8)14-9-5-1-2-6-10(9)15-11/h1-2,4-7H,3,13H2. The Balaban J connectivity index is 2.18. The summed E-state index contributed by atoms with van der Waals surface area (Å²) in [5.74, 6) is 0. The van der Waals surface area contributed by atoms with Gasteiger partial charge in [-0.05, 0) is 18.6 Å². The predicted octanol–water partition coefficient (Wildman–Crippen LogP) is 3.00. The SMILES string of the molecule is NC1=CCC=C2Sc3ccccc3N=C12. The Morgan fingerprint density at radius 3 is 3.00 bits per heavy atom. The first-order valence-corrected chi connectivity index (χ1v) is 5.68. The van der Waals surface area contributed by atoms with Crippen LogP contribution in [-0.2, 0) is 0 Å². The highest BCUT2D eigenvalue weighted by molar-refractivity contribution is 8.04. The maximum Gasteiger partial charge on any atom is 0.0999 e. The molecule has 2 aliphatic rings. The van der Waals surface area contributed by atoms with Crippen molar-refractivity contribution in [3.63, 3.8) is 0 Å². The summed E-state index contributed by atoms with van der Waals surface area (Å²) in [6.07, 6.45) is 5.10. The second kappa shape index (κ2) is 3.28. The van der Waals surface area contributed by atoms with Crippen molar-refractivity contribution in [3.8, 4) is 0 Å². The Labute approximate surface area is 92.6 Å². The van der Waals surface area contributed by atoms with E-state index in [0.29, 0.717) is 0 Å². The first-order chi connectivity index (χ1) is 7.34. The Bertz CT molecular complexity index is 512. The zero-order valence-electron chi connectivity index (χ0n) is 8.10. The van der Waals surface area contributed by atoms with Crippen molar-refractivity contribution in [1.29, 1.82) is 0 Å². The summed E-state index contributed by atoms with van der Waals surface area (Å²) in [6, 6.07) is 8.15. The monoisotopic (exact) mass is 214 g/mol. The van der Waals surface area contributed by atoms with Gasteiger partial charge in [-0.25, -0.2) is 4.99 Å². The zero-order valence-corrected chi connectivity index (χ0v) is 8.92. The molecule has 3 rings (SSSR count). The van der Waals surface area contributed by atoms with E-state index >= 15 is 0 Å². The molecule has 0 saturated heterocycles. The smallest absolute Gasteiger partial charge is 0.0999 e. The minimum absolute atomic E-state index is 0.800. The molecule has 1 aliphatic heterocycles. The first-order valence-electron chi connectivity index (χ1n) is 4.87. The van der Waals surface area contributed by atoms with Crippen molar-refractivity contribution in [2.45, 2.75) is 11.3 Å². The normalized spacial score (nSPS) is 18.3. The van der Waals surface area contributed by atoms with Crippen molar-refractivity contribution in [2.24, 2.45) is 10.7 Å². The molecule has 0 fully saturated rings. The third-order valence-corrected chi connectivity index (χ3v) is 3.61. The molecule has 0 radical (unpaired) electrons. The molecule has 1 aliphatic carbocycles. The van der Waals surface area contributed by atoms with Gasteiger partial charge in [0, 0.05) is 9.80 Å². The first kappa shape index (κ1) is 8.80. The van der Waals surface area contributed by atoms with Crippen molar-refractivity contribution >= 4 is 23.2 Å². The molecule has 0 amide bonds. The van der Waals surface area contributed by atoms with E-state index in [4.69, 9.17) is 5.73 Å². The Kier molecular flexibility index (Phi) is 1.92. The van der Waals surface area contributed by atoms with Crippen LogP contribution >= 0.6 is 11.8 Å². The van der Waals surface area contributed by atoms with Crippen LogP contribution in [0.25, 0.3) is 0 Å². The van der Waals surface area contributed by atoms with Crippen LogP contribution in [0.1, 0.15) is 6.42 Å². The third-order valence-electron chi connectivity index (χ3n) is 2.47. The number of para-hydroxylation sites is 1. The van der Waals surface area contributed by atoms with Crippen LogP contribution in [0.3, 0.4) is 0 Å². The highest BCUT2D eigenvalue weighted by atomic mass is 32.2. The highest BCUT2D eigenvalue weighted by Crippen LogP contribution is 2.41. The highest BCUT2D eigenvalue weighted by Gasteiger charge is 2.20. The number of thioether (sulfide) groups is 1. The number of rotatable bonds is 0. The van der Waals surface area contributed by atoms with Gasteiger partial charge in [0.05, 0.1) is 17.1 Å². The molecule has 2 nitrogen and oxygen atoms in total. The van der Waals surface area contributed by atoms with E-state index in [1.54, 1.807) is 11.8 Å². The van der Waals surface area contributed by atoms with E-state index in [0.717, 1.165) is 23.5 Å². The van der Waals surface area contributed by atoms with Crippen molar-refractivity contribution in [2.75, 3.05) is 0 Å². The quantitative estimate of drug-likeness (QED) is 0.721. The van der Waals surface area contributed by atoms with Crippen LogP contribution in [0.2, 0.25) is 0 Å². The molecule has 1 aromatic carbocycles. The average molecular weight is 214 g/mol. The second-order valence-electron chi connectivity index (χ2n) is 3.49. The molecular formula is C12H10N2S. The summed E-state index contributed by atoms with van der Waals surface area (Å²) in [7, 11) is 0. The van der Waals surface area contributed by atoms with Crippen molar-refractivity contribution in [3.05, 3.63) is 47.0 Å². The fourth-order valence-electron chi connectivity index (χ4n) is 1.71. The molecule has 3 heteroatoms. The van der Waals surface area contributed by atoms with Crippen molar-refractivity contribution in [1.82, 2.24) is 0 Å². The van der Waals surface area contributed by atoms with E-state index in [1.807, 2.05) is 24.3 Å². The van der Waals surface area contributed by atoms with Crippen LogP contribution in [0.15, 0.2) is 56.9 Å². The summed E-state index contributed by atoms with van der Waals surface area (Å²) in [6.45, 7) is 0. The molecule has 15 heavy (non-hydrogen) atoms. The Hall–Kier alpha value is -1.48. The molecule has 0 unspecified atom stereocenters.